The highest BCUT2D eigenvalue weighted by molar-refractivity contribution is 7.84. The number of alkyl halides is 6. The molecule has 1 fully saturated rings. The third-order valence-corrected chi connectivity index (χ3v) is 8.07. The highest BCUT2D eigenvalue weighted by Gasteiger charge is 2.61. The van der Waals surface area contributed by atoms with Gasteiger partial charge in [-0.1, -0.05) is 17.7 Å². The molecule has 0 amide bonds. The van der Waals surface area contributed by atoms with Crippen LogP contribution in [0.25, 0.3) is 10.9 Å². The average Bonchev–Trinajstić information content (AvgIpc) is 3.52. The number of aromatic nitrogens is 3. The highest BCUT2D eigenvalue weighted by atomic mass is 35.5. The quantitative estimate of drug-likeness (QED) is 0.408. The number of nitrogens with zero attached hydrogens (tertiary/aromatic N) is 3. The molecular formula is C23H23ClF6N4O2S. The Morgan fingerprint density at radius 1 is 1.08 bits per heavy atom. The molecule has 37 heavy (non-hydrogen) atoms. The van der Waals surface area contributed by atoms with Gasteiger partial charge in [-0.3, -0.25) is 9.48 Å². The summed E-state index contributed by atoms with van der Waals surface area (Å²) in [6, 6.07) is 2.87. The molecule has 202 valence electrons. The van der Waals surface area contributed by atoms with Gasteiger partial charge in [-0.2, -0.15) is 31.4 Å². The Hall–Kier alpha value is -2.38. The van der Waals surface area contributed by atoms with E-state index in [0.29, 0.717) is 18.2 Å². The van der Waals surface area contributed by atoms with Crippen LogP contribution < -0.4 is 10.3 Å². The molecule has 1 N–H and O–H groups in total. The fourth-order valence-corrected chi connectivity index (χ4v) is 5.36. The Kier molecular flexibility index (Phi) is 6.60. The number of hydrogen-bond acceptors (Lipinski definition) is 3. The molecule has 1 saturated carbocycles. The Morgan fingerprint density at radius 2 is 1.70 bits per heavy atom. The third-order valence-electron chi connectivity index (χ3n) is 6.15. The lowest BCUT2D eigenvalue weighted by Crippen LogP contribution is -2.58. The van der Waals surface area contributed by atoms with E-state index in [2.05, 4.69) is 9.82 Å². The first-order valence-corrected chi connectivity index (χ1v) is 12.6. The zero-order valence-corrected chi connectivity index (χ0v) is 21.7. The van der Waals surface area contributed by atoms with Gasteiger partial charge in [0, 0.05) is 24.7 Å². The number of halogens is 7. The lowest BCUT2D eigenvalue weighted by atomic mass is 9.84. The first-order valence-electron chi connectivity index (χ1n) is 11.1. The van der Waals surface area contributed by atoms with E-state index in [-0.39, 0.29) is 16.9 Å². The summed E-state index contributed by atoms with van der Waals surface area (Å²) >= 11 is 5.84. The smallest absolute Gasteiger partial charge is 0.311 e. The van der Waals surface area contributed by atoms with Crippen LogP contribution in [-0.2, 0) is 29.7 Å². The molecular weight excluding hydrogens is 546 g/mol. The van der Waals surface area contributed by atoms with Gasteiger partial charge >= 0.3 is 12.4 Å². The van der Waals surface area contributed by atoms with Crippen LogP contribution in [0, 0.1) is 0 Å². The zero-order chi connectivity index (χ0) is 27.7. The minimum Gasteiger partial charge on any atom is -0.311 e. The maximum absolute atomic E-state index is 15.3. The van der Waals surface area contributed by atoms with E-state index in [9.17, 15) is 22.2 Å². The van der Waals surface area contributed by atoms with Crippen LogP contribution in [0.1, 0.15) is 56.5 Å². The molecule has 2 heterocycles. The Balaban J connectivity index is 2.10. The van der Waals surface area contributed by atoms with Gasteiger partial charge in [0.2, 0.25) is 0 Å². The Bertz CT molecular complexity index is 1450. The van der Waals surface area contributed by atoms with Crippen molar-refractivity contribution in [3.63, 3.8) is 0 Å². The van der Waals surface area contributed by atoms with Crippen LogP contribution in [0.5, 0.6) is 0 Å². The number of fused-ring (bicyclic) bond motifs is 1. The number of hydrogen-bond donors (Lipinski definition) is 1. The van der Waals surface area contributed by atoms with E-state index in [1.807, 2.05) is 0 Å². The summed E-state index contributed by atoms with van der Waals surface area (Å²) in [5.74, 6) is 0. The molecule has 2 aromatic heterocycles. The first-order chi connectivity index (χ1) is 16.9. The molecule has 14 heteroatoms. The van der Waals surface area contributed by atoms with Crippen molar-refractivity contribution in [3.05, 3.63) is 62.7 Å². The second-order valence-electron chi connectivity index (χ2n) is 9.92. The van der Waals surface area contributed by atoms with Gasteiger partial charge in [-0.05, 0) is 57.4 Å². The van der Waals surface area contributed by atoms with Gasteiger partial charge in [0.1, 0.15) is 0 Å². The SMILES string of the molecule is Cn1nc2c(=O)n(C3CC3)ccc2c1C(NS(=O)C(C)(C)C)(c1ccc(C(F)(F)F)c(Cl)c1)C(F)(F)F. The average molecular weight is 569 g/mol. The van der Waals surface area contributed by atoms with E-state index in [4.69, 9.17) is 11.6 Å². The van der Waals surface area contributed by atoms with Crippen LogP contribution in [0.2, 0.25) is 5.02 Å². The predicted octanol–water partition coefficient (Wildman–Crippen LogP) is 5.60. The first kappa shape index (κ1) is 27.6. The van der Waals surface area contributed by atoms with Gasteiger partial charge in [0.05, 0.1) is 32.0 Å². The van der Waals surface area contributed by atoms with Gasteiger partial charge in [0.15, 0.2) is 11.1 Å². The third kappa shape index (κ3) is 4.69. The Morgan fingerprint density at radius 3 is 2.19 bits per heavy atom. The van der Waals surface area contributed by atoms with Crippen molar-refractivity contribution in [2.45, 2.75) is 62.3 Å². The topological polar surface area (TPSA) is 68.9 Å². The van der Waals surface area contributed by atoms with E-state index in [1.54, 1.807) is 0 Å². The predicted molar refractivity (Wildman–Crippen MR) is 128 cm³/mol. The molecule has 0 radical (unpaired) electrons. The summed E-state index contributed by atoms with van der Waals surface area (Å²) in [6.45, 7) is 4.31. The van der Waals surface area contributed by atoms with E-state index in [1.165, 1.54) is 44.6 Å². The fourth-order valence-electron chi connectivity index (χ4n) is 4.16. The van der Waals surface area contributed by atoms with Gasteiger partial charge in [-0.15, -0.1) is 0 Å². The van der Waals surface area contributed by atoms with Crippen LogP contribution in [0.4, 0.5) is 26.3 Å². The monoisotopic (exact) mass is 568 g/mol. The largest absolute Gasteiger partial charge is 0.417 e. The minimum atomic E-state index is -5.27. The van der Waals surface area contributed by atoms with E-state index >= 15 is 13.2 Å². The summed E-state index contributed by atoms with van der Waals surface area (Å²) in [5.41, 5.74) is -6.87. The summed E-state index contributed by atoms with van der Waals surface area (Å²) in [4.78, 5) is 13.1. The molecule has 0 aliphatic heterocycles. The fraction of sp³-hybridized carbons (Fsp3) is 0.478. The lowest BCUT2D eigenvalue weighted by Gasteiger charge is -2.39. The summed E-state index contributed by atoms with van der Waals surface area (Å²) in [7, 11) is -1.20. The van der Waals surface area contributed by atoms with Crippen LogP contribution in [-0.4, -0.2) is 29.5 Å². The molecule has 0 spiro atoms. The van der Waals surface area contributed by atoms with Crippen molar-refractivity contribution in [1.29, 1.82) is 0 Å². The second-order valence-corrected chi connectivity index (χ2v) is 12.3. The molecule has 6 nitrogen and oxygen atoms in total. The van der Waals surface area contributed by atoms with Gasteiger partial charge in [0.25, 0.3) is 5.56 Å². The zero-order valence-electron chi connectivity index (χ0n) is 20.1. The molecule has 2 unspecified atom stereocenters. The van der Waals surface area contributed by atoms with Crippen molar-refractivity contribution in [2.75, 3.05) is 0 Å². The van der Waals surface area contributed by atoms with Crippen molar-refractivity contribution in [1.82, 2.24) is 19.1 Å². The van der Waals surface area contributed by atoms with E-state index < -0.39 is 61.0 Å². The van der Waals surface area contributed by atoms with Crippen LogP contribution >= 0.6 is 11.6 Å². The standard InChI is InChI=1S/C23H23ClF6N4O2S/c1-20(2,3)37(36)32-21(23(28,29)30,12-5-8-15(16(24)11-12)22(25,26)27)18-14-9-10-34(13-6-7-13)19(35)17(14)31-33(18)4/h5,8-11,13,32H,6-7H2,1-4H3. The number of benzene rings is 1. The van der Waals surface area contributed by atoms with E-state index in [0.717, 1.165) is 17.5 Å². The summed E-state index contributed by atoms with van der Waals surface area (Å²) in [6.07, 6.45) is -7.33. The van der Waals surface area contributed by atoms with Gasteiger partial charge < -0.3 is 4.57 Å². The van der Waals surface area contributed by atoms with Crippen LogP contribution in [0.15, 0.2) is 35.3 Å². The van der Waals surface area contributed by atoms with Crippen molar-refractivity contribution in [3.8, 4) is 0 Å². The second kappa shape index (κ2) is 8.84. The molecule has 3 aromatic rings. The summed E-state index contributed by atoms with van der Waals surface area (Å²) in [5, 5.41) is 2.92. The number of pyridine rings is 1. The Labute approximate surface area is 215 Å². The van der Waals surface area contributed by atoms with Crippen molar-refractivity contribution >= 4 is 33.5 Å². The number of nitrogens with one attached hydrogen (secondary N) is 1. The number of rotatable bonds is 5. The van der Waals surface area contributed by atoms with Crippen molar-refractivity contribution < 1.29 is 30.6 Å². The van der Waals surface area contributed by atoms with Crippen molar-refractivity contribution in [2.24, 2.45) is 7.05 Å². The molecule has 1 aromatic carbocycles. The maximum Gasteiger partial charge on any atom is 0.417 e. The molecule has 1 aliphatic carbocycles. The molecule has 0 saturated heterocycles. The molecule has 2 atom stereocenters. The molecule has 4 rings (SSSR count). The number of aryl methyl sites for hydroxylation is 1. The molecule has 0 bridgehead atoms. The maximum atomic E-state index is 15.3. The van der Waals surface area contributed by atoms with Crippen LogP contribution in [0.3, 0.4) is 0 Å². The minimum absolute atomic E-state index is 0.0741. The summed E-state index contributed by atoms with van der Waals surface area (Å²) < 4.78 is 102. The normalized spacial score (nSPS) is 17.7. The lowest BCUT2D eigenvalue weighted by molar-refractivity contribution is -0.183. The molecule has 1 aliphatic rings. The van der Waals surface area contributed by atoms with Gasteiger partial charge in [-0.25, -0.2) is 8.93 Å². The highest BCUT2D eigenvalue weighted by Crippen LogP contribution is 2.48.